The van der Waals surface area contributed by atoms with Gasteiger partial charge in [0, 0.05) is 30.9 Å². The number of amides is 1. The number of carbonyl (C=O) groups is 1. The minimum atomic E-state index is -0.186. The van der Waals surface area contributed by atoms with Gasteiger partial charge in [-0.1, -0.05) is 6.07 Å². The van der Waals surface area contributed by atoms with Gasteiger partial charge >= 0.3 is 0 Å². The number of nitrogens with one attached hydrogen (secondary N) is 1. The lowest BCUT2D eigenvalue weighted by Gasteiger charge is -2.31. The second-order valence-electron chi connectivity index (χ2n) is 4.66. The predicted molar refractivity (Wildman–Crippen MR) is 72.9 cm³/mol. The summed E-state index contributed by atoms with van der Waals surface area (Å²) in [7, 11) is 1.87. The van der Waals surface area contributed by atoms with Crippen molar-refractivity contribution in [2.24, 2.45) is 0 Å². The molecule has 0 bridgehead atoms. The van der Waals surface area contributed by atoms with Gasteiger partial charge in [0.1, 0.15) is 6.04 Å². The molecule has 2 rings (SSSR count). The first-order valence-electron chi connectivity index (χ1n) is 6.28. The van der Waals surface area contributed by atoms with Crippen LogP contribution in [0.4, 0.5) is 0 Å². The summed E-state index contributed by atoms with van der Waals surface area (Å²) in [4.78, 5) is 15.4. The predicted octanol–water partition coefficient (Wildman–Crippen LogP) is 1.13. The van der Waals surface area contributed by atoms with Crippen LogP contribution in [-0.4, -0.2) is 49.7 Å². The van der Waals surface area contributed by atoms with Crippen molar-refractivity contribution in [1.29, 1.82) is 0 Å². The van der Waals surface area contributed by atoms with Crippen LogP contribution < -0.4 is 5.32 Å². The van der Waals surface area contributed by atoms with Gasteiger partial charge in [-0.15, -0.1) is 11.3 Å². The third-order valence-electron chi connectivity index (χ3n) is 3.31. The van der Waals surface area contributed by atoms with Gasteiger partial charge in [-0.05, 0) is 18.4 Å². The molecule has 1 aromatic heterocycles. The average molecular weight is 268 g/mol. The lowest BCUT2D eigenvalue weighted by atomic mass is 10.1. The van der Waals surface area contributed by atoms with E-state index in [1.807, 2.05) is 18.0 Å². The van der Waals surface area contributed by atoms with Crippen molar-refractivity contribution in [1.82, 2.24) is 10.2 Å². The van der Waals surface area contributed by atoms with Crippen LogP contribution in [0.3, 0.4) is 0 Å². The van der Waals surface area contributed by atoms with Gasteiger partial charge in [-0.3, -0.25) is 4.79 Å². The maximum Gasteiger partial charge on any atom is 0.242 e. The van der Waals surface area contributed by atoms with Gasteiger partial charge in [0.05, 0.1) is 13.2 Å². The second-order valence-corrected chi connectivity index (χ2v) is 5.70. The molecular weight excluding hydrogens is 248 g/mol. The fraction of sp³-hybridized carbons (Fsp3) is 0.615. The molecule has 2 atom stereocenters. The quantitative estimate of drug-likeness (QED) is 0.890. The number of carbonyl (C=O) groups excluding carboxylic acids is 1. The topological polar surface area (TPSA) is 41.6 Å². The summed E-state index contributed by atoms with van der Waals surface area (Å²) in [5.74, 6) is 0.124. The van der Waals surface area contributed by atoms with Crippen LogP contribution in [0, 0.1) is 0 Å². The van der Waals surface area contributed by atoms with Crippen molar-refractivity contribution in [3.63, 3.8) is 0 Å². The molecule has 2 unspecified atom stereocenters. The molecule has 0 radical (unpaired) electrons. The van der Waals surface area contributed by atoms with Gasteiger partial charge in [0.15, 0.2) is 0 Å². The standard InChI is InChI=1S/C13H20N2O2S/c1-10(8-11-4-3-7-18-11)15(2)13(16)12-9-17-6-5-14-12/h3-4,7,10,12,14H,5-6,8-9H2,1-2H3. The molecule has 1 amide bonds. The fourth-order valence-electron chi connectivity index (χ4n) is 2.04. The maximum atomic E-state index is 12.3. The van der Waals surface area contributed by atoms with Crippen molar-refractivity contribution < 1.29 is 9.53 Å². The van der Waals surface area contributed by atoms with Gasteiger partial charge in [0.2, 0.25) is 5.91 Å². The highest BCUT2D eigenvalue weighted by Gasteiger charge is 2.26. The van der Waals surface area contributed by atoms with E-state index >= 15 is 0 Å². The molecule has 2 heterocycles. The zero-order valence-electron chi connectivity index (χ0n) is 10.9. The summed E-state index contributed by atoms with van der Waals surface area (Å²) in [6.07, 6.45) is 0.910. The van der Waals surface area contributed by atoms with E-state index in [0.29, 0.717) is 13.2 Å². The maximum absolute atomic E-state index is 12.3. The molecule has 0 spiro atoms. The normalized spacial score (nSPS) is 21.6. The van der Waals surface area contributed by atoms with E-state index < -0.39 is 0 Å². The monoisotopic (exact) mass is 268 g/mol. The Morgan fingerprint density at radius 3 is 3.17 bits per heavy atom. The van der Waals surface area contributed by atoms with Crippen LogP contribution in [0.5, 0.6) is 0 Å². The third-order valence-corrected chi connectivity index (χ3v) is 4.20. The molecule has 0 aromatic carbocycles. The zero-order chi connectivity index (χ0) is 13.0. The summed E-state index contributed by atoms with van der Waals surface area (Å²) in [6.45, 7) is 4.01. The molecule has 0 saturated carbocycles. The van der Waals surface area contributed by atoms with Crippen LogP contribution in [0.15, 0.2) is 17.5 Å². The van der Waals surface area contributed by atoms with Crippen LogP contribution >= 0.6 is 11.3 Å². The number of hydrogen-bond donors (Lipinski definition) is 1. The van der Waals surface area contributed by atoms with Crippen molar-refractivity contribution in [2.75, 3.05) is 26.8 Å². The summed E-state index contributed by atoms with van der Waals surface area (Å²) in [5, 5.41) is 5.27. The van der Waals surface area contributed by atoms with E-state index in [2.05, 4.69) is 23.7 Å². The van der Waals surface area contributed by atoms with Crippen molar-refractivity contribution in [3.8, 4) is 0 Å². The first-order chi connectivity index (χ1) is 8.68. The first-order valence-corrected chi connectivity index (χ1v) is 7.16. The highest BCUT2D eigenvalue weighted by atomic mass is 32.1. The Bertz CT molecular complexity index is 374. The number of morpholine rings is 1. The van der Waals surface area contributed by atoms with Crippen LogP contribution in [0.1, 0.15) is 11.8 Å². The van der Waals surface area contributed by atoms with Crippen molar-refractivity contribution in [3.05, 3.63) is 22.4 Å². The third kappa shape index (κ3) is 3.31. The van der Waals surface area contributed by atoms with E-state index in [4.69, 9.17) is 4.74 Å². The molecular formula is C13H20N2O2S. The van der Waals surface area contributed by atoms with Gasteiger partial charge in [0.25, 0.3) is 0 Å². The van der Waals surface area contributed by atoms with Crippen molar-refractivity contribution >= 4 is 17.2 Å². The number of thiophene rings is 1. The molecule has 100 valence electrons. The summed E-state index contributed by atoms with van der Waals surface area (Å²) in [6, 6.07) is 4.18. The molecule has 1 fully saturated rings. The SMILES string of the molecule is CC(Cc1cccs1)N(C)C(=O)C1COCCN1. The van der Waals surface area contributed by atoms with E-state index in [-0.39, 0.29) is 18.0 Å². The number of rotatable bonds is 4. The van der Waals surface area contributed by atoms with Crippen LogP contribution in [-0.2, 0) is 16.0 Å². The Hall–Kier alpha value is -0.910. The summed E-state index contributed by atoms with van der Waals surface area (Å²) in [5.41, 5.74) is 0. The van der Waals surface area contributed by atoms with Crippen molar-refractivity contribution in [2.45, 2.75) is 25.4 Å². The summed E-state index contributed by atoms with van der Waals surface area (Å²) >= 11 is 1.74. The Morgan fingerprint density at radius 2 is 2.56 bits per heavy atom. The highest BCUT2D eigenvalue weighted by molar-refractivity contribution is 7.09. The molecule has 1 aromatic rings. The Kier molecular flexibility index (Phi) is 4.74. The number of nitrogens with zero attached hydrogens (tertiary/aromatic N) is 1. The molecule has 1 N–H and O–H groups in total. The average Bonchev–Trinajstić information content (AvgIpc) is 2.91. The lowest BCUT2D eigenvalue weighted by Crippen LogP contribution is -2.53. The van der Waals surface area contributed by atoms with E-state index in [1.165, 1.54) is 4.88 Å². The zero-order valence-corrected chi connectivity index (χ0v) is 11.7. The van der Waals surface area contributed by atoms with E-state index in [1.54, 1.807) is 11.3 Å². The van der Waals surface area contributed by atoms with Gasteiger partial charge in [-0.2, -0.15) is 0 Å². The molecule has 1 saturated heterocycles. The molecule has 4 nitrogen and oxygen atoms in total. The number of ether oxygens (including phenoxy) is 1. The van der Waals surface area contributed by atoms with Crippen LogP contribution in [0.25, 0.3) is 0 Å². The Labute approximate surface area is 112 Å². The minimum absolute atomic E-state index is 0.124. The van der Waals surface area contributed by atoms with Gasteiger partial charge < -0.3 is 15.0 Å². The minimum Gasteiger partial charge on any atom is -0.378 e. The molecule has 18 heavy (non-hydrogen) atoms. The highest BCUT2D eigenvalue weighted by Crippen LogP contribution is 2.14. The first kappa shape index (κ1) is 13.5. The van der Waals surface area contributed by atoms with Crippen LogP contribution in [0.2, 0.25) is 0 Å². The smallest absolute Gasteiger partial charge is 0.242 e. The molecule has 5 heteroatoms. The fourth-order valence-corrected chi connectivity index (χ4v) is 2.87. The van der Waals surface area contributed by atoms with E-state index in [9.17, 15) is 4.79 Å². The lowest BCUT2D eigenvalue weighted by molar-refractivity contribution is -0.136. The number of likely N-dealkylation sites (N-methyl/N-ethyl adjacent to an activating group) is 1. The second kappa shape index (κ2) is 6.31. The Balaban J connectivity index is 1.88. The Morgan fingerprint density at radius 1 is 1.72 bits per heavy atom. The molecule has 1 aliphatic rings. The summed E-state index contributed by atoms with van der Waals surface area (Å²) < 4.78 is 5.33. The number of hydrogen-bond acceptors (Lipinski definition) is 4. The van der Waals surface area contributed by atoms with Gasteiger partial charge in [-0.25, -0.2) is 0 Å². The molecule has 0 aliphatic carbocycles. The molecule has 1 aliphatic heterocycles. The van der Waals surface area contributed by atoms with E-state index in [0.717, 1.165) is 13.0 Å². The largest absolute Gasteiger partial charge is 0.378 e.